The zero-order chi connectivity index (χ0) is 35.0. The summed E-state index contributed by atoms with van der Waals surface area (Å²) in [5.41, 5.74) is -1.84. The second-order valence-electron chi connectivity index (χ2n) is 10.7. The van der Waals surface area contributed by atoms with Gasteiger partial charge in [0.2, 0.25) is 11.6 Å². The SMILES string of the molecule is Fc1cc(F)c(F)c(OB(Oc2c(F)c(F)c(F)c3c2Cc2cccc(F)c2-3)Oc2c(F)c(F)c(F)c3cc4c(F)c(F)ccc4cc23)c1. The van der Waals surface area contributed by atoms with E-state index in [1.807, 2.05) is 0 Å². The lowest BCUT2D eigenvalue weighted by Crippen LogP contribution is -2.38. The fraction of sp³-hybridized carbons (Fsp3) is 0.0303. The highest BCUT2D eigenvalue weighted by Gasteiger charge is 2.41. The van der Waals surface area contributed by atoms with E-state index in [0.717, 1.165) is 18.2 Å². The molecule has 0 fully saturated rings. The first-order chi connectivity index (χ1) is 23.3. The molecule has 0 spiro atoms. The van der Waals surface area contributed by atoms with E-state index in [9.17, 15) is 39.5 Å². The van der Waals surface area contributed by atoms with Crippen molar-refractivity contribution >= 4 is 28.9 Å². The minimum atomic E-state index is -2.89. The molecule has 248 valence electrons. The lowest BCUT2D eigenvalue weighted by Gasteiger charge is -2.21. The molecule has 1 aliphatic carbocycles. The van der Waals surface area contributed by atoms with Crippen molar-refractivity contribution < 1.29 is 66.6 Å². The molecule has 0 amide bonds. The summed E-state index contributed by atoms with van der Waals surface area (Å²) in [6.45, 7) is 0. The van der Waals surface area contributed by atoms with Crippen LogP contribution in [0.1, 0.15) is 11.1 Å². The van der Waals surface area contributed by atoms with Crippen LogP contribution in [0.5, 0.6) is 17.2 Å². The molecule has 0 atom stereocenters. The Morgan fingerprint density at radius 1 is 0.469 bits per heavy atom. The van der Waals surface area contributed by atoms with Gasteiger partial charge in [0, 0.05) is 51.4 Å². The minimum Gasteiger partial charge on any atom is -0.487 e. The van der Waals surface area contributed by atoms with Gasteiger partial charge in [0.1, 0.15) is 23.1 Å². The maximum absolute atomic E-state index is 15.4. The summed E-state index contributed by atoms with van der Waals surface area (Å²) in [6, 6.07) is 6.74. The third-order valence-corrected chi connectivity index (χ3v) is 7.82. The van der Waals surface area contributed by atoms with Gasteiger partial charge in [-0.3, -0.25) is 0 Å². The number of hydrogen-bond donors (Lipinski definition) is 0. The molecule has 0 radical (unpaired) electrons. The summed E-state index contributed by atoms with van der Waals surface area (Å²) < 4.78 is 192. The quantitative estimate of drug-likeness (QED) is 0.0571. The first-order valence-corrected chi connectivity index (χ1v) is 13.8. The summed E-state index contributed by atoms with van der Waals surface area (Å²) in [5.74, 6) is -25.6. The lowest BCUT2D eigenvalue weighted by atomic mass is 10.0. The zero-order valence-electron chi connectivity index (χ0n) is 23.7. The largest absolute Gasteiger partial charge is 0.864 e. The third kappa shape index (κ3) is 5.04. The average molecular weight is 694 g/mol. The molecular formula is C33H11BF12O3. The predicted molar refractivity (Wildman–Crippen MR) is 150 cm³/mol. The summed E-state index contributed by atoms with van der Waals surface area (Å²) >= 11 is 0. The van der Waals surface area contributed by atoms with E-state index >= 15 is 13.2 Å². The fourth-order valence-corrected chi connectivity index (χ4v) is 5.64. The van der Waals surface area contributed by atoms with Crippen molar-refractivity contribution in [2.24, 2.45) is 0 Å². The molecule has 16 heteroatoms. The third-order valence-electron chi connectivity index (χ3n) is 7.82. The lowest BCUT2D eigenvalue weighted by molar-refractivity contribution is 0.279. The Bertz CT molecular complexity index is 2400. The Labute approximate surface area is 266 Å². The molecule has 0 N–H and O–H groups in total. The number of halogens is 12. The fourth-order valence-electron chi connectivity index (χ4n) is 5.64. The summed E-state index contributed by atoms with van der Waals surface area (Å²) in [6.07, 6.45) is -0.516. The normalized spacial score (nSPS) is 12.0. The summed E-state index contributed by atoms with van der Waals surface area (Å²) in [5, 5.41) is -2.46. The Morgan fingerprint density at radius 3 is 1.92 bits per heavy atom. The molecule has 6 aromatic rings. The van der Waals surface area contributed by atoms with Gasteiger partial charge >= 0.3 is 7.32 Å². The topological polar surface area (TPSA) is 27.7 Å². The molecule has 7 rings (SSSR count). The van der Waals surface area contributed by atoms with Gasteiger partial charge in [-0.25, -0.2) is 39.5 Å². The van der Waals surface area contributed by atoms with Crippen molar-refractivity contribution in [2.75, 3.05) is 0 Å². The van der Waals surface area contributed by atoms with E-state index in [1.165, 1.54) is 12.1 Å². The van der Waals surface area contributed by atoms with Crippen LogP contribution in [0.4, 0.5) is 52.7 Å². The Morgan fingerprint density at radius 2 is 1.16 bits per heavy atom. The van der Waals surface area contributed by atoms with Crippen LogP contribution in [0, 0.1) is 69.8 Å². The predicted octanol–water partition coefficient (Wildman–Crippen LogP) is 9.76. The first-order valence-electron chi connectivity index (χ1n) is 13.8. The highest BCUT2D eigenvalue weighted by molar-refractivity contribution is 6.40. The van der Waals surface area contributed by atoms with Gasteiger partial charge in [0.15, 0.2) is 52.3 Å². The van der Waals surface area contributed by atoms with Crippen molar-refractivity contribution in [3.63, 3.8) is 0 Å². The van der Waals surface area contributed by atoms with E-state index in [1.54, 1.807) is 0 Å². The van der Waals surface area contributed by atoms with Crippen molar-refractivity contribution in [2.45, 2.75) is 6.42 Å². The molecule has 0 heterocycles. The number of benzene rings is 6. The van der Waals surface area contributed by atoms with Crippen molar-refractivity contribution in [1.29, 1.82) is 0 Å². The molecule has 0 saturated heterocycles. The number of rotatable bonds is 6. The molecule has 0 aromatic heterocycles. The Hall–Kier alpha value is -5.54. The second kappa shape index (κ2) is 11.6. The molecule has 0 bridgehead atoms. The van der Waals surface area contributed by atoms with Crippen LogP contribution in [-0.2, 0) is 6.42 Å². The number of hydrogen-bond acceptors (Lipinski definition) is 3. The highest BCUT2D eigenvalue weighted by Crippen LogP contribution is 2.47. The van der Waals surface area contributed by atoms with Gasteiger partial charge in [-0.1, -0.05) is 18.2 Å². The molecule has 0 aliphatic heterocycles. The molecule has 3 nitrogen and oxygen atoms in total. The van der Waals surface area contributed by atoms with E-state index < -0.39 is 134 Å². The summed E-state index contributed by atoms with van der Waals surface area (Å²) in [7, 11) is -2.89. The first kappa shape index (κ1) is 32.0. The molecule has 49 heavy (non-hydrogen) atoms. The van der Waals surface area contributed by atoms with E-state index in [4.69, 9.17) is 14.0 Å². The van der Waals surface area contributed by atoms with E-state index in [-0.39, 0.29) is 23.1 Å². The van der Waals surface area contributed by atoms with Crippen LogP contribution in [0.25, 0.3) is 32.7 Å². The Balaban J connectivity index is 1.43. The molecular weight excluding hydrogens is 683 g/mol. The van der Waals surface area contributed by atoms with Gasteiger partial charge in [0.25, 0.3) is 0 Å². The summed E-state index contributed by atoms with van der Waals surface area (Å²) in [4.78, 5) is 0. The van der Waals surface area contributed by atoms with Gasteiger partial charge in [-0.05, 0) is 35.2 Å². The minimum absolute atomic E-state index is 0.0218. The molecule has 6 aromatic carbocycles. The molecule has 0 unspecified atom stereocenters. The average Bonchev–Trinajstić information content (AvgIpc) is 3.47. The van der Waals surface area contributed by atoms with E-state index in [2.05, 4.69) is 0 Å². The maximum atomic E-state index is 15.4. The van der Waals surface area contributed by atoms with Crippen LogP contribution < -0.4 is 14.0 Å². The highest BCUT2D eigenvalue weighted by atomic mass is 19.2. The standard InChI is InChI=1S/C33H11BF12O3/c35-13-8-20(38)26(41)21(9-13)47-34(49-33-17-7-12-2-1-3-18(36)22(12)23(17)27(42)29(44)31(33)46)48-32-16-6-11-4-5-19(37)24(39)14(11)10-15(16)25(40)28(43)30(32)45/h1-6,8-10H,7H2. The van der Waals surface area contributed by atoms with Gasteiger partial charge in [0.05, 0.1) is 0 Å². The monoisotopic (exact) mass is 694 g/mol. The second-order valence-corrected chi connectivity index (χ2v) is 10.7. The number of fused-ring (bicyclic) bond motifs is 5. The van der Waals surface area contributed by atoms with Crippen LogP contribution >= 0.6 is 0 Å². The van der Waals surface area contributed by atoms with Gasteiger partial charge < -0.3 is 14.0 Å². The van der Waals surface area contributed by atoms with Crippen LogP contribution in [-0.4, -0.2) is 7.32 Å². The zero-order valence-corrected chi connectivity index (χ0v) is 23.7. The van der Waals surface area contributed by atoms with Gasteiger partial charge in [-0.2, -0.15) is 13.2 Å². The van der Waals surface area contributed by atoms with Crippen LogP contribution in [0.3, 0.4) is 0 Å². The molecule has 0 saturated carbocycles. The van der Waals surface area contributed by atoms with Crippen molar-refractivity contribution in [3.05, 3.63) is 136 Å². The van der Waals surface area contributed by atoms with Crippen molar-refractivity contribution in [3.8, 4) is 28.4 Å². The smallest absolute Gasteiger partial charge is 0.487 e. The van der Waals surface area contributed by atoms with Crippen LogP contribution in [0.2, 0.25) is 0 Å². The van der Waals surface area contributed by atoms with Crippen LogP contribution in [0.15, 0.2) is 54.6 Å². The van der Waals surface area contributed by atoms with Crippen molar-refractivity contribution in [1.82, 2.24) is 0 Å². The molecule has 1 aliphatic rings. The maximum Gasteiger partial charge on any atom is 0.864 e. The van der Waals surface area contributed by atoms with E-state index in [0.29, 0.717) is 12.1 Å². The van der Waals surface area contributed by atoms with Gasteiger partial charge in [-0.15, -0.1) is 0 Å². The Kier molecular flexibility index (Phi) is 7.56.